The van der Waals surface area contributed by atoms with Gasteiger partial charge in [-0.25, -0.2) is 9.97 Å². The van der Waals surface area contributed by atoms with E-state index in [4.69, 9.17) is 14.6 Å². The molecule has 0 spiro atoms. The molecule has 0 aliphatic rings. The first-order chi connectivity index (χ1) is 15.7. The number of unbranched alkanes of at least 4 members (excludes halogenated alkanes) is 7. The molecule has 0 amide bonds. The predicted octanol–water partition coefficient (Wildman–Crippen LogP) is 6.09. The number of aliphatic carboxylic acids is 1. The van der Waals surface area contributed by atoms with Crippen LogP contribution in [0.3, 0.4) is 0 Å². The van der Waals surface area contributed by atoms with Crippen molar-refractivity contribution in [1.82, 2.24) is 9.97 Å². The van der Waals surface area contributed by atoms with Crippen LogP contribution in [-0.2, 0) is 16.0 Å². The zero-order valence-electron chi connectivity index (χ0n) is 19.4. The summed E-state index contributed by atoms with van der Waals surface area (Å²) in [4.78, 5) is 19.5. The molecule has 0 atom stereocenters. The van der Waals surface area contributed by atoms with Crippen molar-refractivity contribution >= 4 is 5.97 Å². The van der Waals surface area contributed by atoms with Crippen LogP contribution in [0.4, 0.5) is 0 Å². The Balaban J connectivity index is 1.62. The monoisotopic (exact) mass is 442 g/mol. The Kier molecular flexibility index (Phi) is 13.1. The topological polar surface area (TPSA) is 81.5 Å². The number of rotatable bonds is 18. The standard InChI is InChI=1S/C26H38N2O4/c1-2-3-10-17-31-18-19-32-24-15-13-23(14-16-24)26-27-20-22(21-28-26)11-8-6-4-5-7-9-12-25(29)30/h13-16,20-21H,2-12,17-19H2,1H3,(H,29,30). The molecule has 6 nitrogen and oxygen atoms in total. The van der Waals surface area contributed by atoms with Gasteiger partial charge in [-0.1, -0.05) is 45.4 Å². The molecular formula is C26H38N2O4. The van der Waals surface area contributed by atoms with Crippen molar-refractivity contribution in [2.45, 2.75) is 77.6 Å². The Bertz CT molecular complexity index is 747. The SMILES string of the molecule is CCCCCOCCOc1ccc(-c2ncc(CCCCCCCCC(=O)O)cn2)cc1. The number of carbonyl (C=O) groups is 1. The van der Waals surface area contributed by atoms with Crippen LogP contribution in [0.25, 0.3) is 11.4 Å². The van der Waals surface area contributed by atoms with Gasteiger partial charge in [-0.15, -0.1) is 0 Å². The van der Waals surface area contributed by atoms with E-state index in [0.717, 1.165) is 80.7 Å². The lowest BCUT2D eigenvalue weighted by Gasteiger charge is -2.08. The van der Waals surface area contributed by atoms with Crippen LogP contribution < -0.4 is 4.74 Å². The number of benzene rings is 1. The molecule has 1 N–H and O–H groups in total. The number of hydrogen-bond donors (Lipinski definition) is 1. The van der Waals surface area contributed by atoms with Gasteiger partial charge in [-0.05, 0) is 55.5 Å². The van der Waals surface area contributed by atoms with Crippen LogP contribution in [0, 0.1) is 0 Å². The average Bonchev–Trinajstić information content (AvgIpc) is 2.81. The Labute approximate surface area is 192 Å². The smallest absolute Gasteiger partial charge is 0.303 e. The van der Waals surface area contributed by atoms with Crippen molar-refractivity contribution in [2.24, 2.45) is 0 Å². The third kappa shape index (κ3) is 11.2. The minimum Gasteiger partial charge on any atom is -0.491 e. The summed E-state index contributed by atoms with van der Waals surface area (Å²) in [5, 5.41) is 8.63. The predicted molar refractivity (Wildman–Crippen MR) is 127 cm³/mol. The maximum atomic E-state index is 10.5. The molecule has 0 unspecified atom stereocenters. The molecule has 1 aromatic carbocycles. The molecular weight excluding hydrogens is 404 g/mol. The lowest BCUT2D eigenvalue weighted by atomic mass is 10.1. The second kappa shape index (κ2) is 16.2. The highest BCUT2D eigenvalue weighted by atomic mass is 16.5. The second-order valence-corrected chi connectivity index (χ2v) is 8.12. The molecule has 0 aliphatic heterocycles. The molecule has 0 saturated heterocycles. The molecule has 1 heterocycles. The fourth-order valence-corrected chi connectivity index (χ4v) is 3.42. The molecule has 0 bridgehead atoms. The van der Waals surface area contributed by atoms with Crippen LogP contribution in [0.2, 0.25) is 0 Å². The maximum absolute atomic E-state index is 10.5. The molecule has 0 saturated carbocycles. The summed E-state index contributed by atoms with van der Waals surface area (Å²) in [5.74, 6) is 0.847. The number of nitrogens with zero attached hydrogens (tertiary/aromatic N) is 2. The quantitative estimate of drug-likeness (QED) is 0.281. The first-order valence-electron chi connectivity index (χ1n) is 12.0. The summed E-state index contributed by atoms with van der Waals surface area (Å²) in [6.45, 7) is 4.16. The van der Waals surface area contributed by atoms with E-state index in [1.165, 1.54) is 12.8 Å². The number of ether oxygens (including phenoxy) is 2. The summed E-state index contributed by atoms with van der Waals surface area (Å²) in [6, 6.07) is 7.86. The largest absolute Gasteiger partial charge is 0.491 e. The van der Waals surface area contributed by atoms with Gasteiger partial charge in [-0.3, -0.25) is 4.79 Å². The van der Waals surface area contributed by atoms with Gasteiger partial charge in [0.05, 0.1) is 6.61 Å². The molecule has 0 radical (unpaired) electrons. The van der Waals surface area contributed by atoms with Crippen molar-refractivity contribution in [1.29, 1.82) is 0 Å². The van der Waals surface area contributed by atoms with Crippen LogP contribution in [0.1, 0.15) is 76.7 Å². The molecule has 0 aliphatic carbocycles. The summed E-state index contributed by atoms with van der Waals surface area (Å²) < 4.78 is 11.3. The third-order valence-corrected chi connectivity index (χ3v) is 5.31. The third-order valence-electron chi connectivity index (χ3n) is 5.31. The van der Waals surface area contributed by atoms with E-state index in [-0.39, 0.29) is 6.42 Å². The van der Waals surface area contributed by atoms with Gasteiger partial charge in [0.1, 0.15) is 12.4 Å². The minimum absolute atomic E-state index is 0.285. The normalized spacial score (nSPS) is 10.9. The van der Waals surface area contributed by atoms with Crippen LogP contribution in [0.5, 0.6) is 5.75 Å². The Morgan fingerprint density at radius 3 is 2.22 bits per heavy atom. The average molecular weight is 443 g/mol. The second-order valence-electron chi connectivity index (χ2n) is 8.12. The van der Waals surface area contributed by atoms with Crippen molar-refractivity contribution in [3.05, 3.63) is 42.2 Å². The Morgan fingerprint density at radius 1 is 0.844 bits per heavy atom. The van der Waals surface area contributed by atoms with Gasteiger partial charge in [0.25, 0.3) is 0 Å². The zero-order valence-corrected chi connectivity index (χ0v) is 19.4. The van der Waals surface area contributed by atoms with E-state index in [1.807, 2.05) is 36.7 Å². The first-order valence-corrected chi connectivity index (χ1v) is 12.0. The zero-order chi connectivity index (χ0) is 22.9. The van der Waals surface area contributed by atoms with Crippen LogP contribution >= 0.6 is 0 Å². The highest BCUT2D eigenvalue weighted by molar-refractivity contribution is 5.66. The highest BCUT2D eigenvalue weighted by Crippen LogP contribution is 2.19. The summed E-state index contributed by atoms with van der Waals surface area (Å²) >= 11 is 0. The van der Waals surface area contributed by atoms with E-state index >= 15 is 0 Å². The summed E-state index contributed by atoms with van der Waals surface area (Å²) in [7, 11) is 0. The fourth-order valence-electron chi connectivity index (χ4n) is 3.42. The molecule has 176 valence electrons. The van der Waals surface area contributed by atoms with Gasteiger partial charge in [0, 0.05) is 31.0 Å². The lowest BCUT2D eigenvalue weighted by Crippen LogP contribution is -2.07. The molecule has 6 heteroatoms. The van der Waals surface area contributed by atoms with Crippen molar-refractivity contribution in [3.8, 4) is 17.1 Å². The molecule has 2 rings (SSSR count). The highest BCUT2D eigenvalue weighted by Gasteiger charge is 2.03. The Hall–Kier alpha value is -2.47. The van der Waals surface area contributed by atoms with E-state index < -0.39 is 5.97 Å². The lowest BCUT2D eigenvalue weighted by molar-refractivity contribution is -0.137. The summed E-state index contributed by atoms with van der Waals surface area (Å²) in [6.07, 6.45) is 14.9. The molecule has 32 heavy (non-hydrogen) atoms. The molecule has 1 aromatic heterocycles. The number of hydrogen-bond acceptors (Lipinski definition) is 5. The van der Waals surface area contributed by atoms with E-state index in [2.05, 4.69) is 16.9 Å². The van der Waals surface area contributed by atoms with Gasteiger partial charge in [0.15, 0.2) is 5.82 Å². The van der Waals surface area contributed by atoms with Gasteiger partial charge >= 0.3 is 5.97 Å². The minimum atomic E-state index is -0.698. The summed E-state index contributed by atoms with van der Waals surface area (Å²) in [5.41, 5.74) is 2.12. The van der Waals surface area contributed by atoms with E-state index in [0.29, 0.717) is 13.2 Å². The van der Waals surface area contributed by atoms with Gasteiger partial charge < -0.3 is 14.6 Å². The number of aromatic nitrogens is 2. The number of aryl methyl sites for hydroxylation is 1. The van der Waals surface area contributed by atoms with Crippen molar-refractivity contribution < 1.29 is 19.4 Å². The first kappa shape index (κ1) is 25.8. The Morgan fingerprint density at radius 2 is 1.53 bits per heavy atom. The van der Waals surface area contributed by atoms with Gasteiger partial charge in [0.2, 0.25) is 0 Å². The van der Waals surface area contributed by atoms with E-state index in [1.54, 1.807) is 0 Å². The fraction of sp³-hybridized carbons (Fsp3) is 0.577. The number of carboxylic acids is 1. The van der Waals surface area contributed by atoms with Crippen molar-refractivity contribution in [2.75, 3.05) is 19.8 Å². The van der Waals surface area contributed by atoms with Crippen LogP contribution in [-0.4, -0.2) is 40.9 Å². The van der Waals surface area contributed by atoms with Crippen LogP contribution in [0.15, 0.2) is 36.7 Å². The van der Waals surface area contributed by atoms with Gasteiger partial charge in [-0.2, -0.15) is 0 Å². The molecule has 2 aromatic rings. The maximum Gasteiger partial charge on any atom is 0.303 e. The van der Waals surface area contributed by atoms with E-state index in [9.17, 15) is 4.79 Å². The van der Waals surface area contributed by atoms with Crippen molar-refractivity contribution in [3.63, 3.8) is 0 Å². The number of carboxylic acid groups (broad SMARTS) is 1. The molecule has 0 fully saturated rings.